The predicted octanol–water partition coefficient (Wildman–Crippen LogP) is 2.57. The Kier molecular flexibility index (Phi) is 3.29. The number of aromatic nitrogens is 2. The van der Waals surface area contributed by atoms with Gasteiger partial charge >= 0.3 is 0 Å². The quantitative estimate of drug-likeness (QED) is 0.879. The van der Waals surface area contributed by atoms with Crippen molar-refractivity contribution in [1.29, 1.82) is 0 Å². The van der Waals surface area contributed by atoms with Crippen LogP contribution in [0.25, 0.3) is 0 Å². The van der Waals surface area contributed by atoms with Crippen molar-refractivity contribution in [3.63, 3.8) is 0 Å². The number of nitrogens with two attached hydrogens (primary N) is 1. The summed E-state index contributed by atoms with van der Waals surface area (Å²) in [6.07, 6.45) is 0. The SMILES string of the molecule is CCn1nc(C)cc1C(N)c1ccccc1C. The smallest absolute Gasteiger partial charge is 0.0725 e. The van der Waals surface area contributed by atoms with Crippen LogP contribution in [0.2, 0.25) is 0 Å². The average Bonchev–Trinajstić information content (AvgIpc) is 2.70. The summed E-state index contributed by atoms with van der Waals surface area (Å²) < 4.78 is 1.98. The minimum absolute atomic E-state index is 0.0997. The molecule has 3 heteroatoms. The van der Waals surface area contributed by atoms with Gasteiger partial charge in [-0.25, -0.2) is 0 Å². The first-order valence-electron chi connectivity index (χ1n) is 5.99. The van der Waals surface area contributed by atoms with E-state index in [0.29, 0.717) is 0 Å². The molecule has 2 aromatic rings. The van der Waals surface area contributed by atoms with E-state index >= 15 is 0 Å². The number of benzene rings is 1. The number of rotatable bonds is 3. The molecule has 0 saturated heterocycles. The van der Waals surface area contributed by atoms with E-state index in [9.17, 15) is 0 Å². The minimum Gasteiger partial charge on any atom is -0.319 e. The summed E-state index contributed by atoms with van der Waals surface area (Å²) >= 11 is 0. The van der Waals surface area contributed by atoms with Gasteiger partial charge < -0.3 is 5.73 Å². The molecule has 3 nitrogen and oxygen atoms in total. The fourth-order valence-corrected chi connectivity index (χ4v) is 2.16. The van der Waals surface area contributed by atoms with Gasteiger partial charge in [-0.3, -0.25) is 4.68 Å². The maximum absolute atomic E-state index is 6.35. The summed E-state index contributed by atoms with van der Waals surface area (Å²) in [5, 5.41) is 4.44. The van der Waals surface area contributed by atoms with E-state index in [0.717, 1.165) is 17.9 Å². The monoisotopic (exact) mass is 229 g/mol. The van der Waals surface area contributed by atoms with E-state index in [-0.39, 0.29) is 6.04 Å². The number of hydrogen-bond acceptors (Lipinski definition) is 2. The van der Waals surface area contributed by atoms with Crippen LogP contribution < -0.4 is 5.73 Å². The third kappa shape index (κ3) is 2.24. The van der Waals surface area contributed by atoms with Crippen molar-refractivity contribution < 1.29 is 0 Å². The van der Waals surface area contributed by atoms with Crippen molar-refractivity contribution in [2.75, 3.05) is 0 Å². The molecule has 1 aromatic carbocycles. The molecular formula is C14H19N3. The van der Waals surface area contributed by atoms with Crippen molar-refractivity contribution >= 4 is 0 Å². The molecule has 2 rings (SSSR count). The summed E-state index contributed by atoms with van der Waals surface area (Å²) in [4.78, 5) is 0. The second kappa shape index (κ2) is 4.72. The van der Waals surface area contributed by atoms with Crippen LogP contribution >= 0.6 is 0 Å². The molecule has 0 radical (unpaired) electrons. The van der Waals surface area contributed by atoms with E-state index in [1.807, 2.05) is 23.7 Å². The maximum atomic E-state index is 6.35. The van der Waals surface area contributed by atoms with Gasteiger partial charge in [-0.2, -0.15) is 5.10 Å². The number of hydrogen-bond donors (Lipinski definition) is 1. The Hall–Kier alpha value is -1.61. The van der Waals surface area contributed by atoms with Crippen LogP contribution in [0.15, 0.2) is 30.3 Å². The normalized spacial score (nSPS) is 12.7. The first kappa shape index (κ1) is 11.9. The van der Waals surface area contributed by atoms with Crippen LogP contribution in [0.1, 0.15) is 35.5 Å². The lowest BCUT2D eigenvalue weighted by molar-refractivity contribution is 0.596. The minimum atomic E-state index is -0.0997. The molecule has 17 heavy (non-hydrogen) atoms. The molecule has 2 N–H and O–H groups in total. The Morgan fingerprint density at radius 1 is 1.29 bits per heavy atom. The van der Waals surface area contributed by atoms with Crippen LogP contribution in [0.4, 0.5) is 0 Å². The molecule has 0 amide bonds. The Morgan fingerprint density at radius 3 is 2.65 bits per heavy atom. The predicted molar refractivity (Wildman–Crippen MR) is 69.8 cm³/mol. The molecular weight excluding hydrogens is 210 g/mol. The van der Waals surface area contributed by atoms with Crippen LogP contribution in [-0.4, -0.2) is 9.78 Å². The Morgan fingerprint density at radius 2 is 2.00 bits per heavy atom. The lowest BCUT2D eigenvalue weighted by Crippen LogP contribution is -2.18. The van der Waals surface area contributed by atoms with E-state index in [1.165, 1.54) is 11.1 Å². The molecule has 0 aliphatic heterocycles. The van der Waals surface area contributed by atoms with E-state index in [4.69, 9.17) is 5.73 Å². The van der Waals surface area contributed by atoms with Crippen LogP contribution in [0, 0.1) is 13.8 Å². The number of nitrogens with zero attached hydrogens (tertiary/aromatic N) is 2. The topological polar surface area (TPSA) is 43.8 Å². The Bertz CT molecular complexity index is 514. The zero-order valence-corrected chi connectivity index (χ0v) is 10.6. The summed E-state index contributed by atoms with van der Waals surface area (Å²) in [6.45, 7) is 7.03. The molecule has 0 fully saturated rings. The largest absolute Gasteiger partial charge is 0.319 e. The van der Waals surface area contributed by atoms with Crippen molar-refractivity contribution in [2.45, 2.75) is 33.4 Å². The third-order valence-electron chi connectivity index (χ3n) is 3.07. The van der Waals surface area contributed by atoms with Crippen LogP contribution in [0.5, 0.6) is 0 Å². The van der Waals surface area contributed by atoms with Gasteiger partial charge in [0, 0.05) is 6.54 Å². The number of aryl methyl sites for hydroxylation is 3. The summed E-state index contributed by atoms with van der Waals surface area (Å²) in [6, 6.07) is 10.2. The van der Waals surface area contributed by atoms with Crippen molar-refractivity contribution in [3.8, 4) is 0 Å². The highest BCUT2D eigenvalue weighted by molar-refractivity contribution is 5.34. The zero-order chi connectivity index (χ0) is 12.4. The Balaban J connectivity index is 2.43. The van der Waals surface area contributed by atoms with Gasteiger partial charge in [0.25, 0.3) is 0 Å². The van der Waals surface area contributed by atoms with E-state index in [1.54, 1.807) is 0 Å². The van der Waals surface area contributed by atoms with Crippen LogP contribution in [-0.2, 0) is 6.54 Å². The highest BCUT2D eigenvalue weighted by Crippen LogP contribution is 2.23. The maximum Gasteiger partial charge on any atom is 0.0725 e. The summed E-state index contributed by atoms with van der Waals surface area (Å²) in [7, 11) is 0. The highest BCUT2D eigenvalue weighted by Gasteiger charge is 2.16. The molecule has 0 spiro atoms. The molecule has 1 atom stereocenters. The van der Waals surface area contributed by atoms with Crippen molar-refractivity contribution in [3.05, 3.63) is 52.8 Å². The van der Waals surface area contributed by atoms with Gasteiger partial charge in [-0.05, 0) is 38.0 Å². The molecule has 0 aliphatic carbocycles. The first-order valence-corrected chi connectivity index (χ1v) is 5.99. The van der Waals surface area contributed by atoms with Gasteiger partial charge in [0.1, 0.15) is 0 Å². The highest BCUT2D eigenvalue weighted by atomic mass is 15.3. The average molecular weight is 229 g/mol. The first-order chi connectivity index (χ1) is 8.13. The molecule has 1 unspecified atom stereocenters. The summed E-state index contributed by atoms with van der Waals surface area (Å²) in [5.41, 5.74) is 10.8. The molecule has 0 saturated carbocycles. The van der Waals surface area contributed by atoms with Gasteiger partial charge in [0.2, 0.25) is 0 Å². The molecule has 0 aliphatic rings. The third-order valence-corrected chi connectivity index (χ3v) is 3.07. The lowest BCUT2D eigenvalue weighted by atomic mass is 9.99. The van der Waals surface area contributed by atoms with Crippen molar-refractivity contribution in [1.82, 2.24) is 9.78 Å². The molecule has 1 aromatic heterocycles. The van der Waals surface area contributed by atoms with Crippen LogP contribution in [0.3, 0.4) is 0 Å². The van der Waals surface area contributed by atoms with Gasteiger partial charge in [0.15, 0.2) is 0 Å². The summed E-state index contributed by atoms with van der Waals surface area (Å²) in [5.74, 6) is 0. The Labute approximate surface area is 102 Å². The van der Waals surface area contributed by atoms with Gasteiger partial charge in [0.05, 0.1) is 17.4 Å². The zero-order valence-electron chi connectivity index (χ0n) is 10.6. The molecule has 90 valence electrons. The fourth-order valence-electron chi connectivity index (χ4n) is 2.16. The second-order valence-electron chi connectivity index (χ2n) is 4.36. The standard InChI is InChI=1S/C14H19N3/c1-4-17-13(9-11(3)16-17)14(15)12-8-6-5-7-10(12)2/h5-9,14H,4,15H2,1-3H3. The van der Waals surface area contributed by atoms with E-state index in [2.05, 4.69) is 37.1 Å². The second-order valence-corrected chi connectivity index (χ2v) is 4.36. The van der Waals surface area contributed by atoms with E-state index < -0.39 is 0 Å². The fraction of sp³-hybridized carbons (Fsp3) is 0.357. The van der Waals surface area contributed by atoms with Crippen molar-refractivity contribution in [2.24, 2.45) is 5.73 Å². The van der Waals surface area contributed by atoms with Gasteiger partial charge in [-0.15, -0.1) is 0 Å². The lowest BCUT2D eigenvalue weighted by Gasteiger charge is -2.15. The molecule has 1 heterocycles. The molecule has 0 bridgehead atoms. The van der Waals surface area contributed by atoms with Gasteiger partial charge in [-0.1, -0.05) is 24.3 Å².